The lowest BCUT2D eigenvalue weighted by atomic mass is 10.3. The van der Waals surface area contributed by atoms with E-state index in [1.54, 1.807) is 31.4 Å². The lowest BCUT2D eigenvalue weighted by Gasteiger charge is -2.08. The number of rotatable bonds is 3. The quantitative estimate of drug-likeness (QED) is 0.808. The van der Waals surface area contributed by atoms with Crippen LogP contribution < -0.4 is 4.74 Å². The third-order valence-corrected chi connectivity index (χ3v) is 4.55. The van der Waals surface area contributed by atoms with Crippen molar-refractivity contribution >= 4 is 16.6 Å². The molecule has 1 aliphatic carbocycles. The van der Waals surface area contributed by atoms with Gasteiger partial charge in [0.05, 0.1) is 23.2 Å². The van der Waals surface area contributed by atoms with Crippen LogP contribution >= 0.6 is 0 Å². The second-order valence-electron chi connectivity index (χ2n) is 3.82. The van der Waals surface area contributed by atoms with Gasteiger partial charge in [-0.05, 0) is 37.1 Å². The van der Waals surface area contributed by atoms with Gasteiger partial charge in [0.2, 0.25) is 0 Å². The minimum Gasteiger partial charge on any atom is -0.497 e. The van der Waals surface area contributed by atoms with E-state index in [4.69, 9.17) is 4.74 Å². The predicted molar refractivity (Wildman–Crippen MR) is 62.0 cm³/mol. The normalized spacial score (nSPS) is 22.1. The summed E-state index contributed by atoms with van der Waals surface area (Å²) in [5, 5.41) is -0.298. The number of hydrogen-bond acceptors (Lipinski definition) is 3. The number of carbonyl (C=O) groups is 1. The van der Waals surface area contributed by atoms with Crippen LogP contribution in [0, 0.1) is 0 Å². The molecule has 0 radical (unpaired) electrons. The molecular weight excluding hydrogens is 224 g/mol. The summed E-state index contributed by atoms with van der Waals surface area (Å²) in [6, 6.07) is 7.07. The first kappa shape index (κ1) is 11.3. The second-order valence-corrected chi connectivity index (χ2v) is 5.46. The minimum atomic E-state index is -1.20. The Bertz CT molecular complexity index is 411. The van der Waals surface area contributed by atoms with Crippen LogP contribution in [0.4, 0.5) is 0 Å². The molecule has 1 aromatic rings. The van der Waals surface area contributed by atoms with E-state index in [1.165, 1.54) is 0 Å². The molecule has 0 bridgehead atoms. The second kappa shape index (κ2) is 4.78. The Morgan fingerprint density at radius 1 is 1.31 bits per heavy atom. The summed E-state index contributed by atoms with van der Waals surface area (Å²) in [6.45, 7) is 0. The van der Waals surface area contributed by atoms with Gasteiger partial charge in [-0.15, -0.1) is 0 Å². The van der Waals surface area contributed by atoms with Gasteiger partial charge in [-0.3, -0.25) is 9.00 Å². The third-order valence-electron chi connectivity index (χ3n) is 2.80. The zero-order valence-electron chi connectivity index (χ0n) is 9.14. The van der Waals surface area contributed by atoms with Crippen LogP contribution in [0.5, 0.6) is 5.75 Å². The van der Waals surface area contributed by atoms with Gasteiger partial charge in [-0.2, -0.15) is 0 Å². The summed E-state index contributed by atoms with van der Waals surface area (Å²) in [7, 11) is 0.386. The fourth-order valence-corrected chi connectivity index (χ4v) is 3.35. The molecule has 0 N–H and O–H groups in total. The van der Waals surface area contributed by atoms with Crippen molar-refractivity contribution < 1.29 is 13.7 Å². The first-order valence-electron chi connectivity index (χ1n) is 5.29. The summed E-state index contributed by atoms with van der Waals surface area (Å²) in [6.07, 6.45) is 2.19. The Hall–Kier alpha value is -1.16. The molecule has 1 saturated carbocycles. The maximum atomic E-state index is 12.1. The van der Waals surface area contributed by atoms with Crippen molar-refractivity contribution in [3.63, 3.8) is 0 Å². The topological polar surface area (TPSA) is 43.4 Å². The molecule has 0 aliphatic heterocycles. The monoisotopic (exact) mass is 238 g/mol. The molecule has 2 rings (SSSR count). The van der Waals surface area contributed by atoms with Gasteiger partial charge in [-0.1, -0.05) is 0 Å². The SMILES string of the molecule is COc1ccc(S(=O)C2CCCC2=O)cc1. The molecule has 1 aliphatic rings. The number of hydrogen-bond donors (Lipinski definition) is 0. The van der Waals surface area contributed by atoms with E-state index in [-0.39, 0.29) is 11.0 Å². The molecule has 16 heavy (non-hydrogen) atoms. The van der Waals surface area contributed by atoms with Crippen molar-refractivity contribution in [1.82, 2.24) is 0 Å². The maximum absolute atomic E-state index is 12.1. The van der Waals surface area contributed by atoms with Crippen molar-refractivity contribution in [2.24, 2.45) is 0 Å². The first-order chi connectivity index (χ1) is 7.72. The van der Waals surface area contributed by atoms with E-state index in [0.717, 1.165) is 18.6 Å². The highest BCUT2D eigenvalue weighted by Crippen LogP contribution is 2.25. The summed E-state index contributed by atoms with van der Waals surface area (Å²) >= 11 is 0. The van der Waals surface area contributed by atoms with E-state index in [9.17, 15) is 9.00 Å². The lowest BCUT2D eigenvalue weighted by molar-refractivity contribution is -0.117. The van der Waals surface area contributed by atoms with Crippen LogP contribution in [-0.2, 0) is 15.6 Å². The number of Topliss-reactive ketones (excluding diaryl/α,β-unsaturated/α-hetero) is 1. The highest BCUT2D eigenvalue weighted by atomic mass is 32.2. The number of ketones is 1. The van der Waals surface area contributed by atoms with Crippen LogP contribution in [0.1, 0.15) is 19.3 Å². The number of carbonyl (C=O) groups excluding carboxylic acids is 1. The molecule has 0 spiro atoms. The van der Waals surface area contributed by atoms with E-state index >= 15 is 0 Å². The van der Waals surface area contributed by atoms with E-state index < -0.39 is 10.8 Å². The molecule has 2 atom stereocenters. The van der Waals surface area contributed by atoms with Gasteiger partial charge >= 0.3 is 0 Å². The van der Waals surface area contributed by atoms with Crippen LogP contribution in [-0.4, -0.2) is 22.4 Å². The maximum Gasteiger partial charge on any atom is 0.148 e. The van der Waals surface area contributed by atoms with Crippen molar-refractivity contribution in [3.05, 3.63) is 24.3 Å². The molecule has 0 saturated heterocycles. The molecular formula is C12H14O3S. The Balaban J connectivity index is 2.17. The highest BCUT2D eigenvalue weighted by molar-refractivity contribution is 7.86. The van der Waals surface area contributed by atoms with Gasteiger partial charge in [0, 0.05) is 11.3 Å². The fourth-order valence-electron chi connectivity index (χ4n) is 1.88. The largest absolute Gasteiger partial charge is 0.497 e. The number of methoxy groups -OCH3 is 1. The molecule has 0 heterocycles. The Labute approximate surface area is 97.3 Å². The van der Waals surface area contributed by atoms with E-state index in [0.29, 0.717) is 11.3 Å². The fraction of sp³-hybridized carbons (Fsp3) is 0.417. The van der Waals surface area contributed by atoms with Crippen molar-refractivity contribution in [2.75, 3.05) is 7.11 Å². The molecule has 1 aromatic carbocycles. The molecule has 2 unspecified atom stereocenters. The van der Waals surface area contributed by atoms with E-state index in [2.05, 4.69) is 0 Å². The Morgan fingerprint density at radius 2 is 2.00 bits per heavy atom. The summed E-state index contributed by atoms with van der Waals surface area (Å²) < 4.78 is 17.1. The van der Waals surface area contributed by atoms with Crippen LogP contribution in [0.3, 0.4) is 0 Å². The van der Waals surface area contributed by atoms with Gasteiger partial charge in [0.15, 0.2) is 0 Å². The summed E-state index contributed by atoms with van der Waals surface area (Å²) in [5.41, 5.74) is 0. The van der Waals surface area contributed by atoms with Gasteiger partial charge in [0.25, 0.3) is 0 Å². The molecule has 0 aromatic heterocycles. The van der Waals surface area contributed by atoms with E-state index in [1.807, 2.05) is 0 Å². The Morgan fingerprint density at radius 3 is 2.50 bits per heavy atom. The molecule has 0 amide bonds. The summed E-state index contributed by atoms with van der Waals surface area (Å²) in [4.78, 5) is 12.2. The summed E-state index contributed by atoms with van der Waals surface area (Å²) in [5.74, 6) is 0.868. The van der Waals surface area contributed by atoms with Gasteiger partial charge < -0.3 is 4.74 Å². The zero-order chi connectivity index (χ0) is 11.5. The first-order valence-corrected chi connectivity index (χ1v) is 6.51. The van der Waals surface area contributed by atoms with Crippen molar-refractivity contribution in [3.8, 4) is 5.75 Å². The van der Waals surface area contributed by atoms with Gasteiger partial charge in [0.1, 0.15) is 11.5 Å². The molecule has 1 fully saturated rings. The number of ether oxygens (including phenoxy) is 1. The average Bonchev–Trinajstić information content (AvgIpc) is 2.75. The predicted octanol–water partition coefficient (Wildman–Crippen LogP) is 1.92. The van der Waals surface area contributed by atoms with Crippen LogP contribution in [0.25, 0.3) is 0 Å². The molecule has 4 heteroatoms. The molecule has 86 valence electrons. The van der Waals surface area contributed by atoms with Crippen LogP contribution in [0.2, 0.25) is 0 Å². The Kier molecular flexibility index (Phi) is 3.39. The minimum absolute atomic E-state index is 0.133. The van der Waals surface area contributed by atoms with Crippen molar-refractivity contribution in [1.29, 1.82) is 0 Å². The zero-order valence-corrected chi connectivity index (χ0v) is 9.96. The van der Waals surface area contributed by atoms with Crippen molar-refractivity contribution in [2.45, 2.75) is 29.4 Å². The number of benzene rings is 1. The standard InChI is InChI=1S/C12H14O3S/c1-15-9-5-7-10(8-6-9)16(14)12-4-2-3-11(12)13/h5-8,12H,2-4H2,1H3. The third kappa shape index (κ3) is 2.16. The molecule has 3 nitrogen and oxygen atoms in total. The average molecular weight is 238 g/mol. The smallest absolute Gasteiger partial charge is 0.148 e. The van der Waals surface area contributed by atoms with Gasteiger partial charge in [-0.25, -0.2) is 0 Å². The highest BCUT2D eigenvalue weighted by Gasteiger charge is 2.30. The van der Waals surface area contributed by atoms with Crippen LogP contribution in [0.15, 0.2) is 29.2 Å². The lowest BCUT2D eigenvalue weighted by Crippen LogP contribution is -2.19.